The van der Waals surface area contributed by atoms with Crippen molar-refractivity contribution in [1.82, 2.24) is 4.90 Å². The van der Waals surface area contributed by atoms with Crippen LogP contribution in [0.15, 0.2) is 24.3 Å². The van der Waals surface area contributed by atoms with E-state index in [0.29, 0.717) is 13.2 Å². The number of piperazine rings is 1. The molecule has 1 aromatic carbocycles. The van der Waals surface area contributed by atoms with Crippen molar-refractivity contribution in [2.24, 2.45) is 0 Å². The zero-order chi connectivity index (χ0) is 13.8. The largest absolute Gasteiger partial charge is 0.494 e. The molecule has 5 nitrogen and oxygen atoms in total. The number of carboxylic acids is 1. The number of nitrogens with zero attached hydrogens (tertiary/aromatic N) is 2. The molecule has 1 heterocycles. The van der Waals surface area contributed by atoms with Crippen LogP contribution in [0, 0.1) is 0 Å². The molecule has 104 valence electrons. The third-order valence-electron chi connectivity index (χ3n) is 3.35. The van der Waals surface area contributed by atoms with E-state index < -0.39 is 12.0 Å². The number of anilines is 1. The summed E-state index contributed by atoms with van der Waals surface area (Å²) in [5, 5.41) is 9.33. The van der Waals surface area contributed by atoms with Crippen LogP contribution in [0.2, 0.25) is 0 Å². The Morgan fingerprint density at radius 1 is 1.37 bits per heavy atom. The Morgan fingerprint density at radius 2 is 2.05 bits per heavy atom. The first-order valence-corrected chi connectivity index (χ1v) is 6.52. The first-order valence-electron chi connectivity index (χ1n) is 6.52. The normalized spacial score (nSPS) is 20.3. The van der Waals surface area contributed by atoms with Crippen LogP contribution in [0.1, 0.15) is 6.92 Å². The summed E-state index contributed by atoms with van der Waals surface area (Å²) in [6.45, 7) is 4.71. The zero-order valence-electron chi connectivity index (χ0n) is 11.4. The molecular weight excluding hydrogens is 244 g/mol. The van der Waals surface area contributed by atoms with Crippen LogP contribution in [-0.2, 0) is 4.79 Å². The van der Waals surface area contributed by atoms with Gasteiger partial charge in [0, 0.05) is 25.3 Å². The topological polar surface area (TPSA) is 53.0 Å². The van der Waals surface area contributed by atoms with Gasteiger partial charge in [0.2, 0.25) is 0 Å². The van der Waals surface area contributed by atoms with E-state index in [4.69, 9.17) is 4.74 Å². The fourth-order valence-corrected chi connectivity index (χ4v) is 2.34. The molecule has 0 aliphatic carbocycles. The highest BCUT2D eigenvalue weighted by Gasteiger charge is 2.30. The van der Waals surface area contributed by atoms with Gasteiger partial charge in [-0.3, -0.25) is 0 Å². The van der Waals surface area contributed by atoms with Crippen LogP contribution in [0.4, 0.5) is 5.69 Å². The Morgan fingerprint density at radius 3 is 2.63 bits per heavy atom. The van der Waals surface area contributed by atoms with E-state index >= 15 is 0 Å². The molecule has 1 aliphatic rings. The highest BCUT2D eigenvalue weighted by molar-refractivity contribution is 5.79. The van der Waals surface area contributed by atoms with Crippen molar-refractivity contribution in [2.45, 2.75) is 13.0 Å². The number of carboxylic acid groups (broad SMARTS) is 1. The molecule has 0 saturated carbocycles. The monoisotopic (exact) mass is 264 g/mol. The molecular formula is C14H20N2O3. The van der Waals surface area contributed by atoms with Gasteiger partial charge in [0.1, 0.15) is 11.8 Å². The third-order valence-corrected chi connectivity index (χ3v) is 3.35. The van der Waals surface area contributed by atoms with Gasteiger partial charge in [0.15, 0.2) is 0 Å². The lowest BCUT2D eigenvalue weighted by Gasteiger charge is -2.39. The third kappa shape index (κ3) is 3.17. The summed E-state index contributed by atoms with van der Waals surface area (Å²) in [5.41, 5.74) is 0.934. The zero-order valence-corrected chi connectivity index (χ0v) is 11.4. The van der Waals surface area contributed by atoms with E-state index in [2.05, 4.69) is 0 Å². The number of aliphatic carboxylic acids is 1. The molecule has 19 heavy (non-hydrogen) atoms. The predicted octanol–water partition coefficient (Wildman–Crippen LogP) is 1.29. The molecule has 1 aliphatic heterocycles. The maximum absolute atomic E-state index is 11.4. The smallest absolute Gasteiger partial charge is 0.327 e. The fourth-order valence-electron chi connectivity index (χ4n) is 2.34. The number of likely N-dealkylation sites (N-methyl/N-ethyl adjacent to an activating group) is 1. The Balaban J connectivity index is 2.16. The minimum absolute atomic E-state index is 0.489. The number of ether oxygens (including phenoxy) is 1. The Labute approximate surface area is 113 Å². The standard InChI is InChI=1S/C14H20N2O3/c1-3-19-12-6-4-11(5-7-12)16-9-8-15(2)10-13(16)14(17)18/h4-7,13H,3,8-10H2,1-2H3,(H,17,18). The molecule has 0 radical (unpaired) electrons. The van der Waals surface area contributed by atoms with Crippen LogP contribution in [0.25, 0.3) is 0 Å². The second-order valence-electron chi connectivity index (χ2n) is 4.74. The summed E-state index contributed by atoms with van der Waals surface area (Å²) in [5.74, 6) is 0.0349. The Hall–Kier alpha value is -1.75. The van der Waals surface area contributed by atoms with Gasteiger partial charge in [-0.15, -0.1) is 0 Å². The molecule has 0 spiro atoms. The van der Waals surface area contributed by atoms with E-state index in [0.717, 1.165) is 24.5 Å². The van der Waals surface area contributed by atoms with Gasteiger partial charge in [-0.05, 0) is 38.2 Å². The number of rotatable bonds is 4. The number of hydrogen-bond acceptors (Lipinski definition) is 4. The van der Waals surface area contributed by atoms with E-state index in [1.54, 1.807) is 0 Å². The average Bonchev–Trinajstić information content (AvgIpc) is 2.40. The number of hydrogen-bond donors (Lipinski definition) is 1. The van der Waals surface area contributed by atoms with Crippen molar-refractivity contribution in [3.05, 3.63) is 24.3 Å². The fraction of sp³-hybridized carbons (Fsp3) is 0.500. The molecule has 1 aromatic rings. The van der Waals surface area contributed by atoms with Crippen LogP contribution in [-0.4, -0.2) is 55.3 Å². The van der Waals surface area contributed by atoms with E-state index in [9.17, 15) is 9.90 Å². The first-order chi connectivity index (χ1) is 9.11. The predicted molar refractivity (Wildman–Crippen MR) is 73.9 cm³/mol. The number of benzene rings is 1. The molecule has 5 heteroatoms. The minimum Gasteiger partial charge on any atom is -0.494 e. The first kappa shape index (κ1) is 13.7. The van der Waals surface area contributed by atoms with Crippen molar-refractivity contribution >= 4 is 11.7 Å². The minimum atomic E-state index is -0.777. The van der Waals surface area contributed by atoms with E-state index in [1.165, 1.54) is 0 Å². The second-order valence-corrected chi connectivity index (χ2v) is 4.74. The van der Waals surface area contributed by atoms with Gasteiger partial charge in [-0.25, -0.2) is 4.79 Å². The summed E-state index contributed by atoms with van der Waals surface area (Å²) >= 11 is 0. The molecule has 0 bridgehead atoms. The van der Waals surface area contributed by atoms with Crippen LogP contribution >= 0.6 is 0 Å². The van der Waals surface area contributed by atoms with E-state index in [-0.39, 0.29) is 0 Å². The maximum Gasteiger partial charge on any atom is 0.327 e. The Bertz CT molecular complexity index is 433. The van der Waals surface area contributed by atoms with Crippen molar-refractivity contribution in [1.29, 1.82) is 0 Å². The van der Waals surface area contributed by atoms with Crippen LogP contribution in [0.5, 0.6) is 5.75 Å². The summed E-state index contributed by atoms with van der Waals surface area (Å²) < 4.78 is 5.40. The highest BCUT2D eigenvalue weighted by atomic mass is 16.5. The average molecular weight is 264 g/mol. The van der Waals surface area contributed by atoms with Gasteiger partial charge >= 0.3 is 5.97 Å². The maximum atomic E-state index is 11.4. The number of carbonyl (C=O) groups is 1. The van der Waals surface area contributed by atoms with Crippen LogP contribution in [0.3, 0.4) is 0 Å². The molecule has 1 N–H and O–H groups in total. The Kier molecular flexibility index (Phi) is 4.27. The van der Waals surface area contributed by atoms with Crippen molar-refractivity contribution in [2.75, 3.05) is 38.2 Å². The lowest BCUT2D eigenvalue weighted by molar-refractivity contribution is -0.139. The second kappa shape index (κ2) is 5.93. The lowest BCUT2D eigenvalue weighted by Crippen LogP contribution is -2.55. The van der Waals surface area contributed by atoms with Gasteiger partial charge in [-0.2, -0.15) is 0 Å². The SMILES string of the molecule is CCOc1ccc(N2CCN(C)CC2C(=O)O)cc1. The summed E-state index contributed by atoms with van der Waals surface area (Å²) in [6, 6.07) is 7.13. The van der Waals surface area contributed by atoms with Gasteiger partial charge in [0.25, 0.3) is 0 Å². The molecule has 1 fully saturated rings. The lowest BCUT2D eigenvalue weighted by atomic mass is 10.1. The highest BCUT2D eigenvalue weighted by Crippen LogP contribution is 2.23. The summed E-state index contributed by atoms with van der Waals surface area (Å²) in [6.07, 6.45) is 0. The van der Waals surface area contributed by atoms with Gasteiger partial charge < -0.3 is 19.6 Å². The van der Waals surface area contributed by atoms with Gasteiger partial charge in [-0.1, -0.05) is 0 Å². The molecule has 1 unspecified atom stereocenters. The molecule has 0 aromatic heterocycles. The summed E-state index contributed by atoms with van der Waals surface area (Å²) in [7, 11) is 1.95. The molecule has 0 amide bonds. The van der Waals surface area contributed by atoms with Gasteiger partial charge in [0.05, 0.1) is 6.61 Å². The van der Waals surface area contributed by atoms with E-state index in [1.807, 2.05) is 48.0 Å². The van der Waals surface area contributed by atoms with Crippen molar-refractivity contribution in [3.8, 4) is 5.75 Å². The van der Waals surface area contributed by atoms with Crippen molar-refractivity contribution in [3.63, 3.8) is 0 Å². The summed E-state index contributed by atoms with van der Waals surface area (Å²) in [4.78, 5) is 15.3. The molecule has 2 rings (SSSR count). The quantitative estimate of drug-likeness (QED) is 0.888. The molecule has 1 atom stereocenters. The molecule has 1 saturated heterocycles. The van der Waals surface area contributed by atoms with Crippen LogP contribution < -0.4 is 9.64 Å². The van der Waals surface area contributed by atoms with Crippen molar-refractivity contribution < 1.29 is 14.6 Å².